The van der Waals surface area contributed by atoms with Gasteiger partial charge in [-0.25, -0.2) is 0 Å². The predicted molar refractivity (Wildman–Crippen MR) is 190 cm³/mol. The van der Waals surface area contributed by atoms with E-state index in [1.807, 2.05) is 24.3 Å². The summed E-state index contributed by atoms with van der Waals surface area (Å²) in [5.74, 6) is 0. The van der Waals surface area contributed by atoms with Crippen LogP contribution in [0.25, 0.3) is 38.6 Å². The highest BCUT2D eigenvalue weighted by atomic mass is 127. The van der Waals surface area contributed by atoms with E-state index in [-0.39, 0.29) is 0 Å². The van der Waals surface area contributed by atoms with Gasteiger partial charge in [0.1, 0.15) is 0 Å². The van der Waals surface area contributed by atoms with Crippen LogP contribution in [-0.4, -0.2) is 4.57 Å². The number of para-hydroxylation sites is 2. The van der Waals surface area contributed by atoms with Crippen molar-refractivity contribution in [1.29, 1.82) is 0 Å². The molecule has 1 aliphatic carbocycles. The van der Waals surface area contributed by atoms with Crippen LogP contribution < -0.4 is 0 Å². The van der Waals surface area contributed by atoms with Gasteiger partial charge in [-0.3, -0.25) is 0 Å². The molecule has 7 aromatic rings. The fraction of sp³-hybridized carbons (Fsp3) is 0.0270. The van der Waals surface area contributed by atoms with Gasteiger partial charge in [-0.2, -0.15) is 0 Å². The predicted octanol–water partition coefficient (Wildman–Crippen LogP) is 11.9. The number of hydrogen-bond acceptors (Lipinski definition) is 0. The van der Waals surface area contributed by atoms with Gasteiger partial charge < -0.3 is 4.57 Å². The van der Waals surface area contributed by atoms with Crippen LogP contribution in [0.1, 0.15) is 11.1 Å². The van der Waals surface area contributed by atoms with Crippen LogP contribution in [0, 0.1) is 3.57 Å². The minimum atomic E-state index is 1.07. The molecule has 1 nitrogen and oxygen atoms in total. The SMILES string of the molecule is Brc1cccc2c1-c1ccccc1C2.Brc1cccc2c1c1ccccc1n2-c1ccccc1.Ic1ccccc1. The summed E-state index contributed by atoms with van der Waals surface area (Å²) in [5.41, 5.74) is 9.29. The number of hydrogen-bond donors (Lipinski definition) is 0. The third-order valence-electron chi connectivity index (χ3n) is 7.16. The Labute approximate surface area is 271 Å². The molecule has 0 fully saturated rings. The normalized spacial score (nSPS) is 11.2. The summed E-state index contributed by atoms with van der Waals surface area (Å²) in [6.07, 6.45) is 1.07. The Morgan fingerprint density at radius 2 is 1.10 bits per heavy atom. The number of rotatable bonds is 1. The fourth-order valence-corrected chi connectivity index (χ4v) is 6.99. The maximum absolute atomic E-state index is 3.69. The topological polar surface area (TPSA) is 4.93 Å². The van der Waals surface area contributed by atoms with Gasteiger partial charge in [-0.15, -0.1) is 0 Å². The molecular formula is C37H26Br2IN. The number of halogens is 3. The summed E-state index contributed by atoms with van der Waals surface area (Å²) in [6, 6.07) is 50.7. The molecule has 0 unspecified atom stereocenters. The van der Waals surface area contributed by atoms with E-state index in [9.17, 15) is 0 Å². The minimum absolute atomic E-state index is 1.07. The molecule has 0 radical (unpaired) electrons. The Morgan fingerprint density at radius 3 is 1.85 bits per heavy atom. The smallest absolute Gasteiger partial charge is 0.0552 e. The van der Waals surface area contributed by atoms with Gasteiger partial charge in [-0.05, 0) is 99.8 Å². The first-order chi connectivity index (χ1) is 20.1. The highest BCUT2D eigenvalue weighted by molar-refractivity contribution is 14.1. The minimum Gasteiger partial charge on any atom is -0.309 e. The van der Waals surface area contributed by atoms with Crippen LogP contribution in [0.5, 0.6) is 0 Å². The molecule has 0 aliphatic heterocycles. The van der Waals surface area contributed by atoms with Crippen molar-refractivity contribution in [2.75, 3.05) is 0 Å². The first-order valence-electron chi connectivity index (χ1n) is 13.4. The average molecular weight is 771 g/mol. The molecule has 8 rings (SSSR count). The lowest BCUT2D eigenvalue weighted by molar-refractivity contribution is 1.18. The van der Waals surface area contributed by atoms with E-state index in [0.29, 0.717) is 0 Å². The monoisotopic (exact) mass is 769 g/mol. The average Bonchev–Trinajstić information content (AvgIpc) is 3.56. The molecule has 1 aromatic heterocycles. The summed E-state index contributed by atoms with van der Waals surface area (Å²) in [7, 11) is 0. The molecule has 200 valence electrons. The summed E-state index contributed by atoms with van der Waals surface area (Å²) in [5, 5.41) is 2.55. The van der Waals surface area contributed by atoms with Gasteiger partial charge >= 0.3 is 0 Å². The van der Waals surface area contributed by atoms with Gasteiger partial charge in [-0.1, -0.05) is 129 Å². The van der Waals surface area contributed by atoms with Crippen LogP contribution in [0.2, 0.25) is 0 Å². The van der Waals surface area contributed by atoms with E-state index >= 15 is 0 Å². The van der Waals surface area contributed by atoms with Crippen molar-refractivity contribution in [3.63, 3.8) is 0 Å². The molecule has 6 aromatic carbocycles. The summed E-state index contributed by atoms with van der Waals surface area (Å²) >= 11 is 9.59. The third kappa shape index (κ3) is 5.92. The zero-order valence-electron chi connectivity index (χ0n) is 22.1. The quantitative estimate of drug-likeness (QED) is 0.147. The fourth-order valence-electron chi connectivity index (χ4n) is 5.39. The van der Waals surface area contributed by atoms with Crippen molar-refractivity contribution < 1.29 is 0 Å². The lowest BCUT2D eigenvalue weighted by atomic mass is 10.1. The Kier molecular flexibility index (Phi) is 8.70. The first kappa shape index (κ1) is 28.0. The van der Waals surface area contributed by atoms with Crippen LogP contribution in [0.15, 0.2) is 155 Å². The Balaban J connectivity index is 0.000000124. The largest absolute Gasteiger partial charge is 0.309 e. The Morgan fingerprint density at radius 1 is 0.512 bits per heavy atom. The second kappa shape index (κ2) is 12.8. The lowest BCUT2D eigenvalue weighted by Gasteiger charge is -2.07. The Hall–Kier alpha value is -3.19. The van der Waals surface area contributed by atoms with Crippen LogP contribution in [-0.2, 0) is 6.42 Å². The molecule has 0 atom stereocenters. The molecular weight excluding hydrogens is 745 g/mol. The summed E-state index contributed by atoms with van der Waals surface area (Å²) < 4.78 is 5.95. The zero-order valence-corrected chi connectivity index (χ0v) is 27.5. The lowest BCUT2D eigenvalue weighted by Crippen LogP contribution is -1.92. The van der Waals surface area contributed by atoms with Gasteiger partial charge in [0.05, 0.1) is 11.0 Å². The number of fused-ring (bicyclic) bond motifs is 6. The van der Waals surface area contributed by atoms with E-state index < -0.39 is 0 Å². The van der Waals surface area contributed by atoms with Gasteiger partial charge in [0.25, 0.3) is 0 Å². The highest BCUT2D eigenvalue weighted by Crippen LogP contribution is 2.41. The standard InChI is InChI=1S/C18H12BrN.C13H9Br.C6H5I/c19-15-10-6-12-17-18(15)14-9-4-5-11-16(14)20(17)13-7-2-1-3-8-13;14-12-7-3-5-10-8-9-4-1-2-6-11(9)13(10)12;7-6-4-2-1-3-5-6/h1-12H;1-7H,8H2;1-5H. The second-order valence-electron chi connectivity index (χ2n) is 9.73. The zero-order chi connectivity index (χ0) is 28.2. The van der Waals surface area contributed by atoms with Crippen LogP contribution in [0.3, 0.4) is 0 Å². The van der Waals surface area contributed by atoms with Gasteiger partial charge in [0, 0.05) is 29.0 Å². The van der Waals surface area contributed by atoms with Crippen LogP contribution in [0.4, 0.5) is 0 Å². The van der Waals surface area contributed by atoms with Gasteiger partial charge in [0.2, 0.25) is 0 Å². The molecule has 1 aliphatic rings. The molecule has 0 saturated heterocycles. The van der Waals surface area contributed by atoms with Crippen molar-refractivity contribution in [2.45, 2.75) is 6.42 Å². The highest BCUT2D eigenvalue weighted by Gasteiger charge is 2.19. The van der Waals surface area contributed by atoms with Crippen molar-refractivity contribution in [3.8, 4) is 16.8 Å². The van der Waals surface area contributed by atoms with E-state index in [4.69, 9.17) is 0 Å². The molecule has 0 saturated carbocycles. The second-order valence-corrected chi connectivity index (χ2v) is 12.7. The third-order valence-corrected chi connectivity index (χ3v) is 9.20. The molecule has 0 amide bonds. The number of aromatic nitrogens is 1. The summed E-state index contributed by atoms with van der Waals surface area (Å²) in [6.45, 7) is 0. The number of benzene rings is 6. The van der Waals surface area contributed by atoms with E-state index in [2.05, 4.69) is 180 Å². The van der Waals surface area contributed by atoms with Crippen molar-refractivity contribution >= 4 is 76.3 Å². The molecule has 1 heterocycles. The Bertz CT molecular complexity index is 1950. The summed E-state index contributed by atoms with van der Waals surface area (Å²) in [4.78, 5) is 0. The molecule has 0 bridgehead atoms. The molecule has 41 heavy (non-hydrogen) atoms. The molecule has 0 spiro atoms. The molecule has 0 N–H and O–H groups in total. The van der Waals surface area contributed by atoms with E-state index in [1.54, 1.807) is 0 Å². The van der Waals surface area contributed by atoms with Crippen molar-refractivity contribution in [2.24, 2.45) is 0 Å². The van der Waals surface area contributed by atoms with Crippen LogP contribution >= 0.6 is 54.5 Å². The first-order valence-corrected chi connectivity index (χ1v) is 16.1. The van der Waals surface area contributed by atoms with Crippen molar-refractivity contribution in [3.05, 3.63) is 169 Å². The number of nitrogens with zero attached hydrogens (tertiary/aromatic N) is 1. The maximum atomic E-state index is 3.69. The van der Waals surface area contributed by atoms with E-state index in [0.717, 1.165) is 10.9 Å². The van der Waals surface area contributed by atoms with E-state index in [1.165, 1.54) is 57.8 Å². The maximum Gasteiger partial charge on any atom is 0.0552 e. The van der Waals surface area contributed by atoms with Gasteiger partial charge in [0.15, 0.2) is 0 Å². The van der Waals surface area contributed by atoms with Crippen molar-refractivity contribution in [1.82, 2.24) is 4.57 Å². The molecule has 4 heteroatoms.